The van der Waals surface area contributed by atoms with E-state index < -0.39 is 15.3 Å². The summed E-state index contributed by atoms with van der Waals surface area (Å²) in [5.74, 6) is 0. The van der Waals surface area contributed by atoms with E-state index in [0.717, 1.165) is 14.9 Å². The van der Waals surface area contributed by atoms with Crippen LogP contribution in [0.3, 0.4) is 0 Å². The van der Waals surface area contributed by atoms with Crippen LogP contribution >= 0.6 is 18.6 Å². The molecule has 0 aliphatic rings. The van der Waals surface area contributed by atoms with Gasteiger partial charge in [0, 0.05) is 0 Å². The van der Waals surface area contributed by atoms with Crippen LogP contribution in [0.15, 0.2) is 182 Å². The summed E-state index contributed by atoms with van der Waals surface area (Å²) in [4.78, 5) is 0. The van der Waals surface area contributed by atoms with Crippen molar-refractivity contribution in [2.75, 3.05) is 0 Å². The van der Waals surface area contributed by atoms with E-state index in [1.165, 1.54) is 54.9 Å². The minimum absolute atomic E-state index is 1.12. The van der Waals surface area contributed by atoms with Crippen molar-refractivity contribution in [1.82, 2.24) is 0 Å². The number of rotatable bonds is 4. The normalized spacial score (nSPS) is 10.5. The zero-order valence-electron chi connectivity index (χ0n) is 27.1. The van der Waals surface area contributed by atoms with Gasteiger partial charge in [0.15, 0.2) is 0 Å². The average Bonchev–Trinajstić information content (AvgIpc) is 3.72. The molecule has 0 N–H and O–H groups in total. The molecule has 0 radical (unpaired) electrons. The maximum absolute atomic E-state index is 6.21. The molecule has 0 spiro atoms. The zero-order chi connectivity index (χ0) is 33.3. The SMILES string of the molecule is Cc1c[cH-]c2cccc(-c3ccccc3)c12.Cc1c[cH-]c2cccc(-c3ccccc3)c12.[Cl][Ti]([Cl])=[C](c1ccccc1)c1ccccc1. The molecule has 0 fully saturated rings. The molecule has 8 aromatic rings. The summed E-state index contributed by atoms with van der Waals surface area (Å²) in [6.45, 7) is 4.35. The Morgan fingerprint density at radius 2 is 0.792 bits per heavy atom. The minimum atomic E-state index is -2.15. The second-order valence-electron chi connectivity index (χ2n) is 11.7. The van der Waals surface area contributed by atoms with Gasteiger partial charge < -0.3 is 0 Å². The predicted molar refractivity (Wildman–Crippen MR) is 207 cm³/mol. The van der Waals surface area contributed by atoms with Crippen molar-refractivity contribution in [3.8, 4) is 22.3 Å². The molecule has 8 aromatic carbocycles. The second-order valence-corrected chi connectivity index (χ2v) is 17.2. The number of hydrogen-bond acceptors (Lipinski definition) is 0. The van der Waals surface area contributed by atoms with Crippen LogP contribution in [-0.4, -0.2) is 3.81 Å². The molecular formula is C45H36Cl2Ti-2. The van der Waals surface area contributed by atoms with E-state index in [1.807, 2.05) is 36.4 Å². The van der Waals surface area contributed by atoms with Crippen LogP contribution in [0.5, 0.6) is 0 Å². The van der Waals surface area contributed by atoms with E-state index in [2.05, 4.69) is 159 Å². The first-order chi connectivity index (χ1) is 23.5. The molecule has 0 atom stereocenters. The van der Waals surface area contributed by atoms with Crippen molar-refractivity contribution in [3.63, 3.8) is 0 Å². The quantitative estimate of drug-likeness (QED) is 0.127. The fraction of sp³-hybridized carbons (Fsp3) is 0.0444. The fourth-order valence-electron chi connectivity index (χ4n) is 6.21. The van der Waals surface area contributed by atoms with E-state index in [4.69, 9.17) is 18.6 Å². The van der Waals surface area contributed by atoms with Crippen LogP contribution in [0.2, 0.25) is 0 Å². The van der Waals surface area contributed by atoms with Crippen molar-refractivity contribution >= 4 is 44.0 Å². The Morgan fingerprint density at radius 3 is 1.15 bits per heavy atom. The third-order valence-electron chi connectivity index (χ3n) is 8.49. The van der Waals surface area contributed by atoms with Crippen molar-refractivity contribution in [3.05, 3.63) is 204 Å². The average molecular weight is 696 g/mol. The summed E-state index contributed by atoms with van der Waals surface area (Å²) < 4.78 is 1.12. The Balaban J connectivity index is 0.000000125. The Bertz CT molecular complexity index is 2080. The van der Waals surface area contributed by atoms with Gasteiger partial charge in [0.1, 0.15) is 0 Å². The first kappa shape index (κ1) is 33.6. The molecule has 0 amide bonds. The summed E-state index contributed by atoms with van der Waals surface area (Å²) >= 11 is -2.15. The van der Waals surface area contributed by atoms with Gasteiger partial charge >= 0.3 is 109 Å². The van der Waals surface area contributed by atoms with Gasteiger partial charge in [-0.15, -0.1) is 57.9 Å². The monoisotopic (exact) mass is 694 g/mol. The van der Waals surface area contributed by atoms with Crippen molar-refractivity contribution < 1.29 is 15.3 Å². The third kappa shape index (κ3) is 7.87. The molecule has 8 rings (SSSR count). The van der Waals surface area contributed by atoms with E-state index in [0.29, 0.717) is 0 Å². The number of benzene rings is 6. The zero-order valence-corrected chi connectivity index (χ0v) is 30.1. The molecule has 48 heavy (non-hydrogen) atoms. The molecule has 236 valence electrons. The Morgan fingerprint density at radius 1 is 0.438 bits per heavy atom. The van der Waals surface area contributed by atoms with Crippen LogP contribution in [0.25, 0.3) is 43.8 Å². The standard InChI is InChI=1S/2C16H13.C13H10.2ClH.Ti/c2*1-12-10-11-14-8-5-9-15(16(12)14)13-6-3-2-4-7-13;1-3-7-12(8-4-1)11-13-9-5-2-6-10-13;;;/h2*2-11H,1H3;1-10H;2*1H;/q2*-1;;;;+2/p-2. The summed E-state index contributed by atoms with van der Waals surface area (Å²) in [5.41, 5.74) is 10.2. The number of halogens is 2. The molecule has 0 aromatic heterocycles. The summed E-state index contributed by atoms with van der Waals surface area (Å²) in [6, 6.07) is 63.2. The van der Waals surface area contributed by atoms with Crippen molar-refractivity contribution in [2.24, 2.45) is 0 Å². The topological polar surface area (TPSA) is 0 Å². The third-order valence-corrected chi connectivity index (χ3v) is 11.5. The van der Waals surface area contributed by atoms with E-state index >= 15 is 0 Å². The number of fused-ring (bicyclic) bond motifs is 2. The van der Waals surface area contributed by atoms with Gasteiger partial charge in [-0.1, -0.05) is 97.8 Å². The summed E-state index contributed by atoms with van der Waals surface area (Å²) in [5, 5.41) is 5.43. The summed E-state index contributed by atoms with van der Waals surface area (Å²) in [6.07, 6.45) is 0. The Kier molecular flexibility index (Phi) is 11.3. The van der Waals surface area contributed by atoms with Gasteiger partial charge in [0.25, 0.3) is 0 Å². The maximum atomic E-state index is 6.21. The summed E-state index contributed by atoms with van der Waals surface area (Å²) in [7, 11) is 12.4. The fourth-order valence-corrected chi connectivity index (χ4v) is 9.21. The molecule has 0 saturated carbocycles. The molecule has 0 saturated heterocycles. The second kappa shape index (κ2) is 16.2. The molecule has 0 heterocycles. The Labute approximate surface area is 297 Å². The van der Waals surface area contributed by atoms with Gasteiger partial charge in [-0.25, -0.2) is 0 Å². The molecular weight excluding hydrogens is 659 g/mol. The van der Waals surface area contributed by atoms with E-state index in [1.54, 1.807) is 0 Å². The first-order valence-corrected chi connectivity index (χ1v) is 21.2. The first-order valence-electron chi connectivity index (χ1n) is 16.1. The van der Waals surface area contributed by atoms with Crippen LogP contribution in [0.4, 0.5) is 0 Å². The number of aryl methyl sites for hydroxylation is 2. The predicted octanol–water partition coefficient (Wildman–Crippen LogP) is 13.2. The molecule has 0 nitrogen and oxygen atoms in total. The van der Waals surface area contributed by atoms with Gasteiger partial charge in [-0.05, 0) is 11.1 Å². The molecule has 0 aliphatic heterocycles. The van der Waals surface area contributed by atoms with Crippen LogP contribution < -0.4 is 0 Å². The van der Waals surface area contributed by atoms with Crippen molar-refractivity contribution in [2.45, 2.75) is 13.8 Å². The van der Waals surface area contributed by atoms with Gasteiger partial charge in [-0.2, -0.15) is 23.3 Å². The van der Waals surface area contributed by atoms with Crippen LogP contribution in [0.1, 0.15) is 22.3 Å². The van der Waals surface area contributed by atoms with Gasteiger partial charge in [-0.3, -0.25) is 0 Å². The van der Waals surface area contributed by atoms with Crippen molar-refractivity contribution in [1.29, 1.82) is 0 Å². The van der Waals surface area contributed by atoms with E-state index in [-0.39, 0.29) is 0 Å². The molecule has 0 bridgehead atoms. The van der Waals surface area contributed by atoms with Gasteiger partial charge in [0.05, 0.1) is 0 Å². The van der Waals surface area contributed by atoms with Crippen LogP contribution in [0, 0.1) is 13.8 Å². The number of hydrogen-bond donors (Lipinski definition) is 0. The van der Waals surface area contributed by atoms with Gasteiger partial charge in [0.2, 0.25) is 0 Å². The molecule has 0 unspecified atom stereocenters. The Hall–Kier alpha value is -4.30. The van der Waals surface area contributed by atoms with E-state index in [9.17, 15) is 0 Å². The molecule has 0 aliphatic carbocycles. The molecule has 3 heteroatoms. The van der Waals surface area contributed by atoms with Crippen LogP contribution in [-0.2, 0) is 15.3 Å².